The molecule has 0 aliphatic heterocycles. The molecule has 0 spiro atoms. The van der Waals surface area contributed by atoms with Gasteiger partial charge in [-0.25, -0.2) is 4.68 Å². The summed E-state index contributed by atoms with van der Waals surface area (Å²) >= 11 is 0. The molecule has 0 aromatic carbocycles. The first-order chi connectivity index (χ1) is 9.04. The van der Waals surface area contributed by atoms with Crippen LogP contribution >= 0.6 is 0 Å². The van der Waals surface area contributed by atoms with Gasteiger partial charge in [0.15, 0.2) is 5.78 Å². The van der Waals surface area contributed by atoms with Crippen LogP contribution in [0.2, 0.25) is 0 Å². The van der Waals surface area contributed by atoms with Gasteiger partial charge in [0.2, 0.25) is 0 Å². The zero-order valence-electron chi connectivity index (χ0n) is 11.4. The smallest absolute Gasteiger partial charge is 0.267 e. The molecule has 0 aliphatic carbocycles. The highest BCUT2D eigenvalue weighted by atomic mass is 16.1. The third kappa shape index (κ3) is 2.50. The summed E-state index contributed by atoms with van der Waals surface area (Å²) in [5.74, 6) is -0.0893. The minimum atomic E-state index is -0.264. The number of hydrogen-bond acceptors (Lipinski definition) is 3. The number of Topliss-reactive ketones (excluding diaryl/α,β-unsaturated/α-hetero) is 1. The lowest BCUT2D eigenvalue weighted by atomic mass is 10.1. The van der Waals surface area contributed by atoms with Gasteiger partial charge < -0.3 is 4.57 Å². The lowest BCUT2D eigenvalue weighted by Gasteiger charge is -2.06. The molecule has 0 amide bonds. The quantitative estimate of drug-likeness (QED) is 0.783. The number of rotatable bonds is 4. The Morgan fingerprint density at radius 2 is 2.11 bits per heavy atom. The van der Waals surface area contributed by atoms with Crippen molar-refractivity contribution in [3.8, 4) is 0 Å². The van der Waals surface area contributed by atoms with Crippen LogP contribution in [-0.4, -0.2) is 20.1 Å². The number of ketones is 1. The summed E-state index contributed by atoms with van der Waals surface area (Å²) < 4.78 is 3.26. The lowest BCUT2D eigenvalue weighted by molar-refractivity contribution is 0.0965. The molecular formula is C14H17N3O2. The topological polar surface area (TPSA) is 56.9 Å². The van der Waals surface area contributed by atoms with E-state index in [4.69, 9.17) is 0 Å². The Bertz CT molecular complexity index is 668. The summed E-state index contributed by atoms with van der Waals surface area (Å²) in [5, 5.41) is 3.90. The molecule has 19 heavy (non-hydrogen) atoms. The summed E-state index contributed by atoms with van der Waals surface area (Å²) in [4.78, 5) is 23.8. The molecule has 2 aromatic rings. The molecule has 0 bridgehead atoms. The van der Waals surface area contributed by atoms with E-state index in [9.17, 15) is 9.59 Å². The van der Waals surface area contributed by atoms with Crippen molar-refractivity contribution < 1.29 is 4.79 Å². The number of aryl methyl sites for hydroxylation is 1. The number of carbonyl (C=O) groups excluding carboxylic acids is 1. The zero-order chi connectivity index (χ0) is 14.0. The third-order valence-electron chi connectivity index (χ3n) is 3.27. The number of hydrogen-bond donors (Lipinski definition) is 0. The summed E-state index contributed by atoms with van der Waals surface area (Å²) in [6.07, 6.45) is 1.50. The standard InChI is InChI=1S/C14H17N3O2/c1-4-16-10(2)8-12(11(16)3)13(18)9-17-14(19)6-5-7-15-17/h5-8H,4,9H2,1-3H3. The van der Waals surface area contributed by atoms with Crippen LogP contribution in [0, 0.1) is 13.8 Å². The van der Waals surface area contributed by atoms with E-state index in [2.05, 4.69) is 9.67 Å². The normalized spacial score (nSPS) is 10.7. The fourth-order valence-electron chi connectivity index (χ4n) is 2.30. The average molecular weight is 259 g/mol. The van der Waals surface area contributed by atoms with Crippen molar-refractivity contribution in [1.82, 2.24) is 14.3 Å². The molecule has 0 fully saturated rings. The molecule has 5 nitrogen and oxygen atoms in total. The van der Waals surface area contributed by atoms with Gasteiger partial charge in [0, 0.05) is 35.8 Å². The van der Waals surface area contributed by atoms with Crippen LogP contribution in [0.4, 0.5) is 0 Å². The number of aromatic nitrogens is 3. The zero-order valence-corrected chi connectivity index (χ0v) is 11.4. The third-order valence-corrected chi connectivity index (χ3v) is 3.27. The first-order valence-electron chi connectivity index (χ1n) is 6.26. The van der Waals surface area contributed by atoms with Gasteiger partial charge in [-0.15, -0.1) is 0 Å². The van der Waals surface area contributed by atoms with Crippen molar-refractivity contribution in [2.45, 2.75) is 33.9 Å². The van der Waals surface area contributed by atoms with Crippen molar-refractivity contribution >= 4 is 5.78 Å². The SMILES string of the molecule is CCn1c(C)cc(C(=O)Cn2ncccc2=O)c1C. The number of carbonyl (C=O) groups is 1. The van der Waals surface area contributed by atoms with E-state index in [0.717, 1.165) is 17.9 Å². The Morgan fingerprint density at radius 1 is 1.37 bits per heavy atom. The van der Waals surface area contributed by atoms with Crippen LogP contribution < -0.4 is 5.56 Å². The van der Waals surface area contributed by atoms with E-state index in [-0.39, 0.29) is 17.9 Å². The lowest BCUT2D eigenvalue weighted by Crippen LogP contribution is -2.25. The molecule has 0 saturated carbocycles. The molecule has 0 N–H and O–H groups in total. The van der Waals surface area contributed by atoms with E-state index >= 15 is 0 Å². The van der Waals surface area contributed by atoms with Gasteiger partial charge in [-0.2, -0.15) is 5.10 Å². The second kappa shape index (κ2) is 5.22. The van der Waals surface area contributed by atoms with Gasteiger partial charge in [-0.3, -0.25) is 9.59 Å². The fraction of sp³-hybridized carbons (Fsp3) is 0.357. The van der Waals surface area contributed by atoms with Crippen LogP contribution in [-0.2, 0) is 13.1 Å². The molecule has 2 heterocycles. The second-order valence-electron chi connectivity index (χ2n) is 4.47. The van der Waals surface area contributed by atoms with Gasteiger partial charge >= 0.3 is 0 Å². The molecule has 0 atom stereocenters. The Morgan fingerprint density at radius 3 is 2.68 bits per heavy atom. The molecule has 0 saturated heterocycles. The van der Waals surface area contributed by atoms with Gasteiger partial charge in [-0.05, 0) is 32.9 Å². The van der Waals surface area contributed by atoms with Crippen LogP contribution in [0.1, 0.15) is 28.7 Å². The fourth-order valence-corrected chi connectivity index (χ4v) is 2.30. The highest BCUT2D eigenvalue weighted by molar-refractivity contribution is 5.97. The first kappa shape index (κ1) is 13.3. The summed E-state index contributed by atoms with van der Waals surface area (Å²) in [6.45, 7) is 6.74. The summed E-state index contributed by atoms with van der Waals surface area (Å²) in [5.41, 5.74) is 2.39. The Labute approximate surface area is 111 Å². The number of nitrogens with zero attached hydrogens (tertiary/aromatic N) is 3. The van der Waals surface area contributed by atoms with Crippen molar-refractivity contribution in [2.24, 2.45) is 0 Å². The van der Waals surface area contributed by atoms with Gasteiger partial charge in [0.1, 0.15) is 6.54 Å². The summed E-state index contributed by atoms with van der Waals surface area (Å²) in [7, 11) is 0. The molecule has 0 radical (unpaired) electrons. The highest BCUT2D eigenvalue weighted by Gasteiger charge is 2.15. The van der Waals surface area contributed by atoms with E-state index in [1.807, 2.05) is 26.8 Å². The molecule has 5 heteroatoms. The molecule has 100 valence electrons. The molecule has 2 rings (SSSR count). The van der Waals surface area contributed by atoms with Crippen LogP contribution in [0.15, 0.2) is 29.2 Å². The van der Waals surface area contributed by atoms with Crippen molar-refractivity contribution in [3.05, 3.63) is 51.7 Å². The van der Waals surface area contributed by atoms with Gasteiger partial charge in [-0.1, -0.05) is 0 Å². The Hall–Kier alpha value is -2.17. The van der Waals surface area contributed by atoms with Crippen molar-refractivity contribution in [3.63, 3.8) is 0 Å². The van der Waals surface area contributed by atoms with E-state index in [1.54, 1.807) is 6.07 Å². The summed E-state index contributed by atoms with van der Waals surface area (Å²) in [6, 6.07) is 4.83. The largest absolute Gasteiger partial charge is 0.349 e. The first-order valence-corrected chi connectivity index (χ1v) is 6.26. The van der Waals surface area contributed by atoms with Gasteiger partial charge in [0.05, 0.1) is 0 Å². The molecule has 2 aromatic heterocycles. The van der Waals surface area contributed by atoms with Crippen molar-refractivity contribution in [1.29, 1.82) is 0 Å². The van der Waals surface area contributed by atoms with Gasteiger partial charge in [0.25, 0.3) is 5.56 Å². The molecular weight excluding hydrogens is 242 g/mol. The van der Waals surface area contributed by atoms with Crippen LogP contribution in [0.25, 0.3) is 0 Å². The highest BCUT2D eigenvalue weighted by Crippen LogP contribution is 2.15. The average Bonchev–Trinajstić information content (AvgIpc) is 2.67. The predicted octanol–water partition coefficient (Wildman–Crippen LogP) is 1.56. The van der Waals surface area contributed by atoms with E-state index in [1.165, 1.54) is 16.9 Å². The Balaban J connectivity index is 2.31. The molecule has 0 unspecified atom stereocenters. The van der Waals surface area contributed by atoms with E-state index < -0.39 is 0 Å². The van der Waals surface area contributed by atoms with Crippen molar-refractivity contribution in [2.75, 3.05) is 0 Å². The molecule has 0 aliphatic rings. The Kier molecular flexibility index (Phi) is 3.64. The van der Waals surface area contributed by atoms with Crippen LogP contribution in [0.5, 0.6) is 0 Å². The minimum absolute atomic E-state index is 0.0202. The van der Waals surface area contributed by atoms with E-state index in [0.29, 0.717) is 5.56 Å². The maximum absolute atomic E-state index is 12.3. The second-order valence-corrected chi connectivity index (χ2v) is 4.47. The maximum atomic E-state index is 12.3. The predicted molar refractivity (Wildman–Crippen MR) is 72.4 cm³/mol. The minimum Gasteiger partial charge on any atom is -0.349 e. The monoisotopic (exact) mass is 259 g/mol. The van der Waals surface area contributed by atoms with Crippen LogP contribution in [0.3, 0.4) is 0 Å². The maximum Gasteiger partial charge on any atom is 0.267 e.